The first-order chi connectivity index (χ1) is 16.2. The third-order valence-electron chi connectivity index (χ3n) is 5.08. The van der Waals surface area contributed by atoms with Crippen LogP contribution in [0.4, 0.5) is 0 Å². The maximum absolute atomic E-state index is 11.4. The number of methoxy groups -OCH3 is 2. The number of ether oxygens (including phenoxy) is 4. The van der Waals surface area contributed by atoms with Gasteiger partial charge in [0.05, 0.1) is 44.7 Å². The van der Waals surface area contributed by atoms with Crippen molar-refractivity contribution in [1.82, 2.24) is 18.5 Å². The number of benzene rings is 2. The smallest absolute Gasteiger partial charge is 0.299 e. The molecule has 9 nitrogen and oxygen atoms in total. The topological polar surface area (TPSA) is 97.6 Å². The third-order valence-corrected chi connectivity index (χ3v) is 5.64. The van der Waals surface area contributed by atoms with Gasteiger partial charge in [0, 0.05) is 18.1 Å². The lowest BCUT2D eigenvalue weighted by molar-refractivity contribution is -0.121. The lowest BCUT2D eigenvalue weighted by Gasteiger charge is -2.12. The van der Waals surface area contributed by atoms with Crippen molar-refractivity contribution >= 4 is 29.2 Å². The minimum atomic E-state index is 0.313. The molecule has 0 unspecified atom stereocenters. The summed E-state index contributed by atoms with van der Waals surface area (Å²) in [5, 5.41) is 4.63. The number of carbonyl (C=O) groups is 1. The van der Waals surface area contributed by atoms with Gasteiger partial charge in [0.15, 0.2) is 0 Å². The highest BCUT2D eigenvalue weighted by Gasteiger charge is 2.23. The average Bonchev–Trinajstić information content (AvgIpc) is 3.43. The van der Waals surface area contributed by atoms with Gasteiger partial charge in [0.1, 0.15) is 22.5 Å². The maximum Gasteiger partial charge on any atom is 0.299 e. The van der Waals surface area contributed by atoms with Gasteiger partial charge in [-0.1, -0.05) is 13.0 Å². The quantitative estimate of drug-likeness (QED) is 0.306. The van der Waals surface area contributed by atoms with Gasteiger partial charge in [0.25, 0.3) is 6.47 Å². The molecule has 0 N–H and O–H groups in total. The largest absolute Gasteiger partial charge is 0.497 e. The average molecular weight is 469 g/mol. The number of aromatic nitrogens is 4. The molecular formula is C23H24N4O5S. The van der Waals surface area contributed by atoms with Crippen molar-refractivity contribution in [2.24, 2.45) is 0 Å². The second kappa shape index (κ2) is 10.3. The Morgan fingerprint density at radius 1 is 1.06 bits per heavy atom. The van der Waals surface area contributed by atoms with Crippen LogP contribution >= 0.6 is 11.7 Å². The van der Waals surface area contributed by atoms with Gasteiger partial charge in [-0.15, -0.1) is 5.10 Å². The highest BCUT2D eigenvalue weighted by atomic mass is 32.1. The van der Waals surface area contributed by atoms with Crippen LogP contribution in [0.3, 0.4) is 0 Å². The molecule has 0 bridgehead atoms. The van der Waals surface area contributed by atoms with Crippen LogP contribution in [0.15, 0.2) is 36.4 Å². The van der Waals surface area contributed by atoms with Gasteiger partial charge in [-0.2, -0.15) is 8.75 Å². The summed E-state index contributed by atoms with van der Waals surface area (Å²) in [5.74, 6) is 2.07. The number of rotatable bonds is 11. The van der Waals surface area contributed by atoms with E-state index in [1.807, 2.05) is 37.3 Å². The van der Waals surface area contributed by atoms with Gasteiger partial charge in [-0.05, 0) is 36.2 Å². The van der Waals surface area contributed by atoms with Crippen LogP contribution in [0.2, 0.25) is 0 Å². The molecule has 0 radical (unpaired) electrons. The molecule has 2 heterocycles. The zero-order chi connectivity index (χ0) is 23.2. The van der Waals surface area contributed by atoms with Crippen molar-refractivity contribution in [3.63, 3.8) is 0 Å². The molecule has 0 aliphatic heterocycles. The molecule has 0 saturated carbocycles. The van der Waals surface area contributed by atoms with E-state index in [4.69, 9.17) is 18.9 Å². The molecule has 33 heavy (non-hydrogen) atoms. The molecule has 0 spiro atoms. The van der Waals surface area contributed by atoms with E-state index in [1.165, 1.54) is 11.7 Å². The number of fused-ring (bicyclic) bond motifs is 1. The van der Waals surface area contributed by atoms with E-state index >= 15 is 0 Å². The molecule has 0 atom stereocenters. The van der Waals surface area contributed by atoms with E-state index in [0.29, 0.717) is 54.9 Å². The van der Waals surface area contributed by atoms with Gasteiger partial charge in [0.2, 0.25) is 11.8 Å². The van der Waals surface area contributed by atoms with E-state index in [2.05, 4.69) is 13.8 Å². The molecule has 0 aliphatic rings. The van der Waals surface area contributed by atoms with Crippen molar-refractivity contribution in [2.75, 3.05) is 20.8 Å². The van der Waals surface area contributed by atoms with E-state index in [-0.39, 0.29) is 0 Å². The van der Waals surface area contributed by atoms with E-state index in [1.54, 1.807) is 25.0 Å². The zero-order valence-corrected chi connectivity index (χ0v) is 19.4. The third kappa shape index (κ3) is 4.90. The van der Waals surface area contributed by atoms with Gasteiger partial charge in [-0.3, -0.25) is 4.79 Å². The second-order valence-electron chi connectivity index (χ2n) is 7.25. The molecule has 0 amide bonds. The van der Waals surface area contributed by atoms with E-state index in [0.717, 1.165) is 28.6 Å². The Labute approximate surface area is 195 Å². The molecule has 0 saturated heterocycles. The maximum atomic E-state index is 11.4. The Balaban J connectivity index is 1.74. The van der Waals surface area contributed by atoms with Crippen LogP contribution in [-0.2, 0) is 17.8 Å². The van der Waals surface area contributed by atoms with Crippen LogP contribution in [-0.4, -0.2) is 45.8 Å². The predicted molar refractivity (Wildman–Crippen MR) is 124 cm³/mol. The second-order valence-corrected chi connectivity index (χ2v) is 7.78. The molecule has 10 heteroatoms. The fraction of sp³-hybridized carbons (Fsp3) is 0.304. The molecule has 0 fully saturated rings. The number of hydrogen-bond acceptors (Lipinski definition) is 9. The van der Waals surface area contributed by atoms with Crippen LogP contribution < -0.4 is 18.9 Å². The molecule has 0 aliphatic carbocycles. The molecule has 4 aromatic rings. The van der Waals surface area contributed by atoms with Crippen LogP contribution in [0.1, 0.15) is 30.0 Å². The Morgan fingerprint density at radius 3 is 2.67 bits per heavy atom. The van der Waals surface area contributed by atoms with Crippen molar-refractivity contribution in [3.8, 4) is 23.3 Å². The Kier molecular flexibility index (Phi) is 7.04. The number of hydrogen-bond donors (Lipinski definition) is 0. The Morgan fingerprint density at radius 2 is 1.91 bits per heavy atom. The summed E-state index contributed by atoms with van der Waals surface area (Å²) in [7, 11) is 3.19. The molecule has 172 valence electrons. The summed E-state index contributed by atoms with van der Waals surface area (Å²) >= 11 is 1.17. The summed E-state index contributed by atoms with van der Waals surface area (Å²) in [5.41, 5.74) is 4.18. The summed E-state index contributed by atoms with van der Waals surface area (Å²) in [6, 6.07) is 11.4. The van der Waals surface area contributed by atoms with E-state index in [9.17, 15) is 4.79 Å². The zero-order valence-electron chi connectivity index (χ0n) is 18.6. The lowest BCUT2D eigenvalue weighted by atomic mass is 10.1. The minimum absolute atomic E-state index is 0.313. The van der Waals surface area contributed by atoms with Gasteiger partial charge >= 0.3 is 0 Å². The van der Waals surface area contributed by atoms with Crippen molar-refractivity contribution in [2.45, 2.75) is 26.3 Å². The van der Waals surface area contributed by atoms with Crippen molar-refractivity contribution in [3.05, 3.63) is 53.1 Å². The first-order valence-electron chi connectivity index (χ1n) is 10.4. The highest BCUT2D eigenvalue weighted by molar-refractivity contribution is 7.00. The summed E-state index contributed by atoms with van der Waals surface area (Å²) in [6.07, 6.45) is 1.27. The molecular weight excluding hydrogens is 444 g/mol. The van der Waals surface area contributed by atoms with Crippen molar-refractivity contribution < 1.29 is 23.7 Å². The highest BCUT2D eigenvalue weighted by Crippen LogP contribution is 2.34. The first kappa shape index (κ1) is 22.5. The van der Waals surface area contributed by atoms with E-state index < -0.39 is 0 Å². The summed E-state index contributed by atoms with van der Waals surface area (Å²) in [6.45, 7) is 3.23. The van der Waals surface area contributed by atoms with Crippen LogP contribution in [0.25, 0.3) is 11.0 Å². The lowest BCUT2D eigenvalue weighted by Crippen LogP contribution is -2.07. The van der Waals surface area contributed by atoms with Gasteiger partial charge in [-0.25, -0.2) is 4.68 Å². The monoisotopic (exact) mass is 468 g/mol. The molecule has 2 aromatic heterocycles. The number of carbonyl (C=O) groups excluding carboxylic acids is 1. The fourth-order valence-electron chi connectivity index (χ4n) is 3.50. The van der Waals surface area contributed by atoms with Crippen LogP contribution in [0.5, 0.6) is 23.3 Å². The Bertz CT molecular complexity index is 1250. The minimum Gasteiger partial charge on any atom is -0.497 e. The number of nitrogens with zero attached hydrogens (tertiary/aromatic N) is 4. The summed E-state index contributed by atoms with van der Waals surface area (Å²) < 4.78 is 32.3. The molecule has 2 aromatic carbocycles. The normalized spacial score (nSPS) is 10.9. The SMILES string of the molecule is CCCOc1nn(Cc2ccc(OC)cc2OC)c(OC=O)c1Cc1ccc2nsnc2c1. The molecule has 4 rings (SSSR count). The van der Waals surface area contributed by atoms with Gasteiger partial charge < -0.3 is 18.9 Å². The predicted octanol–water partition coefficient (Wildman–Crippen LogP) is 3.87. The summed E-state index contributed by atoms with van der Waals surface area (Å²) in [4.78, 5) is 11.4. The van der Waals surface area contributed by atoms with Crippen molar-refractivity contribution in [1.29, 1.82) is 0 Å². The first-order valence-corrected chi connectivity index (χ1v) is 11.1. The Hall–Kier alpha value is -3.66. The standard InChI is InChI=1S/C23H24N4O5S/c1-4-9-31-22-18(10-15-5-8-19-20(11-15)26-33-25-19)23(32-14-28)27(24-22)13-16-6-7-17(29-2)12-21(16)30-3/h5-8,11-12,14H,4,9-10,13H2,1-3H3. The van der Waals surface area contributed by atoms with Crippen LogP contribution in [0, 0.1) is 0 Å². The fourth-order valence-corrected chi connectivity index (χ4v) is 4.02.